The summed E-state index contributed by atoms with van der Waals surface area (Å²) in [5.74, 6) is -0.746. The van der Waals surface area contributed by atoms with Crippen LogP contribution in [0.2, 0.25) is 0 Å². The third-order valence-corrected chi connectivity index (χ3v) is 11.3. The summed E-state index contributed by atoms with van der Waals surface area (Å²) in [6.45, 7) is 7.99. The molecule has 3 aliphatic rings. The van der Waals surface area contributed by atoms with Crippen molar-refractivity contribution >= 4 is 23.5 Å². The van der Waals surface area contributed by atoms with E-state index in [4.69, 9.17) is 14.2 Å². The Balaban J connectivity index is 1.08. The van der Waals surface area contributed by atoms with Crippen LogP contribution in [0.15, 0.2) is 103 Å². The van der Waals surface area contributed by atoms with Crippen LogP contribution in [0.5, 0.6) is 0 Å². The number of esters is 1. The van der Waals surface area contributed by atoms with Gasteiger partial charge in [-0.15, -0.1) is 0 Å². The molecule has 1 spiro atoms. The SMILES string of the molecule is CC(=O)O[C@@H](C)C(=O)NCc1ccccc1-c1ccc([C@@H]2O[C@H](CN3CCC4(CC3)C(=O)NCN4c3ccccc3)[C@H](C)[C@H](c3ccc(CO)cc3)O2)cc1. The molecule has 0 radical (unpaired) electrons. The molecule has 2 amide bonds. The summed E-state index contributed by atoms with van der Waals surface area (Å²) in [6, 6.07) is 34.1. The fourth-order valence-electron chi connectivity index (χ4n) is 8.13. The molecule has 55 heavy (non-hydrogen) atoms. The van der Waals surface area contributed by atoms with Gasteiger partial charge in [0, 0.05) is 50.3 Å². The predicted molar refractivity (Wildman–Crippen MR) is 208 cm³/mol. The zero-order valence-corrected chi connectivity index (χ0v) is 31.6. The van der Waals surface area contributed by atoms with Gasteiger partial charge in [0.1, 0.15) is 5.54 Å². The van der Waals surface area contributed by atoms with Crippen molar-refractivity contribution in [3.63, 3.8) is 0 Å². The summed E-state index contributed by atoms with van der Waals surface area (Å²) in [6.07, 6.45) is -0.471. The van der Waals surface area contributed by atoms with E-state index in [1.165, 1.54) is 6.92 Å². The van der Waals surface area contributed by atoms with E-state index in [0.717, 1.165) is 65.0 Å². The maximum absolute atomic E-state index is 13.3. The van der Waals surface area contributed by atoms with Gasteiger partial charge in [0.15, 0.2) is 12.4 Å². The minimum Gasteiger partial charge on any atom is -0.453 e. The number of aliphatic hydroxyl groups is 1. The Morgan fingerprint density at radius 2 is 1.60 bits per heavy atom. The second-order valence-electron chi connectivity index (χ2n) is 14.8. The van der Waals surface area contributed by atoms with E-state index in [9.17, 15) is 19.5 Å². The molecule has 5 atom stereocenters. The van der Waals surface area contributed by atoms with Crippen molar-refractivity contribution < 1.29 is 33.7 Å². The second-order valence-corrected chi connectivity index (χ2v) is 14.8. The summed E-state index contributed by atoms with van der Waals surface area (Å²) in [4.78, 5) is 41.8. The number of nitrogens with one attached hydrogen (secondary N) is 2. The van der Waals surface area contributed by atoms with Gasteiger partial charge in [-0.05, 0) is 59.7 Å². The van der Waals surface area contributed by atoms with Crippen LogP contribution in [0, 0.1) is 5.92 Å². The van der Waals surface area contributed by atoms with E-state index in [1.807, 2.05) is 91.0 Å². The van der Waals surface area contributed by atoms with E-state index < -0.39 is 23.9 Å². The van der Waals surface area contributed by atoms with Gasteiger partial charge in [-0.3, -0.25) is 14.4 Å². The number of para-hydroxylation sites is 1. The topological polar surface area (TPSA) is 130 Å². The van der Waals surface area contributed by atoms with Crippen LogP contribution in [0.1, 0.15) is 68.3 Å². The molecule has 0 saturated carbocycles. The zero-order chi connectivity index (χ0) is 38.5. The number of hydrogen-bond acceptors (Lipinski definition) is 9. The number of aliphatic hydroxyl groups excluding tert-OH is 1. The van der Waals surface area contributed by atoms with Gasteiger partial charge in [0.05, 0.1) is 25.5 Å². The highest BCUT2D eigenvalue weighted by Gasteiger charge is 2.51. The Hall–Kier alpha value is -5.07. The van der Waals surface area contributed by atoms with Crippen LogP contribution in [0.4, 0.5) is 5.69 Å². The minimum absolute atomic E-state index is 0.0210. The average Bonchev–Trinajstić information content (AvgIpc) is 3.53. The molecule has 3 saturated heterocycles. The van der Waals surface area contributed by atoms with E-state index in [-0.39, 0.29) is 43.1 Å². The molecule has 11 heteroatoms. The molecule has 4 aromatic rings. The summed E-state index contributed by atoms with van der Waals surface area (Å²) in [7, 11) is 0. The molecule has 11 nitrogen and oxygen atoms in total. The molecule has 7 rings (SSSR count). The smallest absolute Gasteiger partial charge is 0.303 e. The number of piperidine rings is 1. The number of hydrogen-bond donors (Lipinski definition) is 3. The highest BCUT2D eigenvalue weighted by atomic mass is 16.7. The van der Waals surface area contributed by atoms with Gasteiger partial charge in [-0.2, -0.15) is 0 Å². The third-order valence-electron chi connectivity index (χ3n) is 11.3. The molecule has 288 valence electrons. The molecule has 0 bridgehead atoms. The Labute approximate surface area is 322 Å². The quantitative estimate of drug-likeness (QED) is 0.167. The molecular weight excluding hydrogens is 697 g/mol. The number of benzene rings is 4. The Bertz CT molecular complexity index is 1950. The standard InChI is InChI=1S/C44H50N4O7/c1-29-39(26-47-23-21-44(22-24-47)43(52)46-28-48(44)37-10-5-4-6-11-37)54-42(55-40(29)34-15-13-32(27-49)14-16-34)35-19-17-33(18-20-35)38-12-8-7-9-36(38)25-45-41(51)30(2)53-31(3)50/h4-20,29-30,39-40,42,49H,21-28H2,1-3H3,(H,45,51)(H,46,52)/t29-,30-,39+,40+,42+/m0/s1. The number of likely N-dealkylation sites (tertiary alicyclic amines) is 1. The zero-order valence-electron chi connectivity index (χ0n) is 31.6. The first-order chi connectivity index (χ1) is 26.6. The maximum atomic E-state index is 13.3. The lowest BCUT2D eigenvalue weighted by Crippen LogP contribution is -2.57. The van der Waals surface area contributed by atoms with Crippen molar-refractivity contribution in [2.45, 2.75) is 76.9 Å². The molecular formula is C44H50N4O7. The van der Waals surface area contributed by atoms with Crippen molar-refractivity contribution in [3.05, 3.63) is 125 Å². The van der Waals surface area contributed by atoms with Gasteiger partial charge < -0.3 is 39.8 Å². The molecule has 3 fully saturated rings. The molecule has 0 aliphatic carbocycles. The first-order valence-corrected chi connectivity index (χ1v) is 19.1. The fraction of sp³-hybridized carbons (Fsp3) is 0.386. The highest BCUT2D eigenvalue weighted by molar-refractivity contribution is 5.93. The number of nitrogens with zero attached hydrogens (tertiary/aromatic N) is 2. The Kier molecular flexibility index (Phi) is 11.6. The summed E-state index contributed by atoms with van der Waals surface area (Å²) in [5.41, 5.74) is 6.12. The number of carbonyl (C=O) groups is 3. The molecule has 0 aromatic heterocycles. The van der Waals surface area contributed by atoms with Gasteiger partial charge in [-0.1, -0.05) is 97.9 Å². The number of carbonyl (C=O) groups excluding carboxylic acids is 3. The minimum atomic E-state index is -0.882. The largest absolute Gasteiger partial charge is 0.453 e. The lowest BCUT2D eigenvalue weighted by molar-refractivity contribution is -0.276. The number of amides is 2. The van der Waals surface area contributed by atoms with Crippen LogP contribution in [-0.4, -0.2) is 71.8 Å². The summed E-state index contributed by atoms with van der Waals surface area (Å²) in [5, 5.41) is 15.7. The normalized spacial score (nSPS) is 22.9. The summed E-state index contributed by atoms with van der Waals surface area (Å²) < 4.78 is 18.6. The lowest BCUT2D eigenvalue weighted by Gasteiger charge is -2.46. The lowest BCUT2D eigenvalue weighted by atomic mass is 9.84. The van der Waals surface area contributed by atoms with E-state index in [2.05, 4.69) is 39.5 Å². The molecule has 3 N–H and O–H groups in total. The van der Waals surface area contributed by atoms with Crippen LogP contribution >= 0.6 is 0 Å². The van der Waals surface area contributed by atoms with Crippen molar-refractivity contribution in [3.8, 4) is 11.1 Å². The van der Waals surface area contributed by atoms with Crippen molar-refractivity contribution in [1.29, 1.82) is 0 Å². The van der Waals surface area contributed by atoms with Gasteiger partial charge in [0.25, 0.3) is 5.91 Å². The van der Waals surface area contributed by atoms with Crippen LogP contribution in [0.25, 0.3) is 11.1 Å². The predicted octanol–water partition coefficient (Wildman–Crippen LogP) is 5.63. The third kappa shape index (κ3) is 8.30. The van der Waals surface area contributed by atoms with Crippen molar-refractivity contribution in [2.24, 2.45) is 5.92 Å². The van der Waals surface area contributed by atoms with Gasteiger partial charge in [-0.25, -0.2) is 0 Å². The maximum Gasteiger partial charge on any atom is 0.303 e. The average molecular weight is 747 g/mol. The van der Waals surface area contributed by atoms with Crippen LogP contribution in [0.3, 0.4) is 0 Å². The number of anilines is 1. The van der Waals surface area contributed by atoms with Crippen LogP contribution < -0.4 is 15.5 Å². The second kappa shape index (κ2) is 16.7. The first kappa shape index (κ1) is 38.2. The fourth-order valence-corrected chi connectivity index (χ4v) is 8.13. The molecule has 0 unspecified atom stereocenters. The van der Waals surface area contributed by atoms with E-state index in [0.29, 0.717) is 13.2 Å². The Morgan fingerprint density at radius 1 is 0.927 bits per heavy atom. The molecule has 4 aromatic carbocycles. The van der Waals surface area contributed by atoms with E-state index in [1.54, 1.807) is 6.92 Å². The molecule has 3 aliphatic heterocycles. The Morgan fingerprint density at radius 3 is 2.29 bits per heavy atom. The van der Waals surface area contributed by atoms with Crippen molar-refractivity contribution in [2.75, 3.05) is 31.2 Å². The summed E-state index contributed by atoms with van der Waals surface area (Å²) >= 11 is 0. The molecule has 3 heterocycles. The van der Waals surface area contributed by atoms with Crippen LogP contribution in [-0.2, 0) is 41.7 Å². The van der Waals surface area contributed by atoms with E-state index >= 15 is 0 Å². The van der Waals surface area contributed by atoms with Gasteiger partial charge in [0.2, 0.25) is 5.91 Å². The number of ether oxygens (including phenoxy) is 3. The highest BCUT2D eigenvalue weighted by Crippen LogP contribution is 2.43. The first-order valence-electron chi connectivity index (χ1n) is 19.1. The number of rotatable bonds is 11. The van der Waals surface area contributed by atoms with Crippen molar-refractivity contribution in [1.82, 2.24) is 15.5 Å². The van der Waals surface area contributed by atoms with Gasteiger partial charge >= 0.3 is 5.97 Å². The monoisotopic (exact) mass is 746 g/mol.